The molecule has 0 spiro atoms. The lowest BCUT2D eigenvalue weighted by atomic mass is 10.3. The normalized spacial score (nSPS) is 26.5. The van der Waals surface area contributed by atoms with Gasteiger partial charge in [0.2, 0.25) is 0 Å². The number of rotatable bonds is 5. The maximum absolute atomic E-state index is 10.3. The molecule has 0 aromatic rings. The number of carbonyl (C=O) groups excluding carboxylic acids is 1. The van der Waals surface area contributed by atoms with Crippen LogP contribution in [0.3, 0.4) is 0 Å². The van der Waals surface area contributed by atoms with Crippen LogP contribution in [0.1, 0.15) is 6.42 Å². The number of carbonyl (C=O) groups is 1. The predicted octanol–water partition coefficient (Wildman–Crippen LogP) is -2.02. The van der Waals surface area contributed by atoms with Gasteiger partial charge in [0, 0.05) is 12.4 Å². The van der Waals surface area contributed by atoms with E-state index in [9.17, 15) is 9.90 Å². The second-order valence-corrected chi connectivity index (χ2v) is 3.26. The van der Waals surface area contributed by atoms with Gasteiger partial charge in [-0.05, 0) is 0 Å². The number of carboxylic acid groups (broad SMARTS) is 1. The van der Waals surface area contributed by atoms with Gasteiger partial charge in [0.15, 0.2) is 6.34 Å². The minimum atomic E-state index is -1.05. The fourth-order valence-corrected chi connectivity index (χ4v) is 1.51. The highest BCUT2D eigenvalue weighted by molar-refractivity contribution is 5.64. The minimum absolute atomic E-state index is 0.0199. The lowest BCUT2D eigenvalue weighted by molar-refractivity contribution is -0.828. The zero-order valence-electron chi connectivity index (χ0n) is 7.48. The summed E-state index contributed by atoms with van der Waals surface area (Å²) in [5.74, 6) is -1.05. The predicted molar refractivity (Wildman–Crippen MR) is 44.9 cm³/mol. The van der Waals surface area contributed by atoms with Crippen molar-refractivity contribution in [1.29, 1.82) is 0 Å². The molecular formula is C8H14N2O3. The summed E-state index contributed by atoms with van der Waals surface area (Å²) in [6.07, 6.45) is 1.76. The molecule has 0 saturated carbocycles. The number of hydrogen-bond donors (Lipinski definition) is 1. The van der Waals surface area contributed by atoms with Crippen molar-refractivity contribution in [2.75, 3.05) is 32.8 Å². The first-order valence-electron chi connectivity index (χ1n) is 4.36. The van der Waals surface area contributed by atoms with E-state index in [1.165, 1.54) is 0 Å². The number of aliphatic carboxylic acids is 1. The van der Waals surface area contributed by atoms with Crippen LogP contribution in [-0.2, 0) is 4.79 Å². The fraction of sp³-hybridized carbons (Fsp3) is 0.750. The van der Waals surface area contributed by atoms with E-state index in [2.05, 4.69) is 4.99 Å². The molecule has 0 aromatic carbocycles. The molecule has 5 heteroatoms. The number of nitrogens with zero attached hydrogens (tertiary/aromatic N) is 2. The standard InChI is InChI=1S/C8H14N2O3/c11-6-5-10(3-1-8(12)13)4-2-9-7-10/h7,11H,1-6H2. The van der Waals surface area contributed by atoms with E-state index >= 15 is 0 Å². The summed E-state index contributed by atoms with van der Waals surface area (Å²) < 4.78 is 0.477. The fourth-order valence-electron chi connectivity index (χ4n) is 1.51. The molecule has 0 bridgehead atoms. The van der Waals surface area contributed by atoms with Gasteiger partial charge in [0.25, 0.3) is 0 Å². The largest absolute Gasteiger partial charge is 0.550 e. The Hall–Kier alpha value is -0.940. The van der Waals surface area contributed by atoms with Crippen LogP contribution in [0, 0.1) is 0 Å². The SMILES string of the molecule is O=C([O-])CC[N+]1(CCO)C=NCC1. The van der Waals surface area contributed by atoms with E-state index in [0.29, 0.717) is 24.1 Å². The monoisotopic (exact) mass is 186 g/mol. The third-order valence-corrected chi connectivity index (χ3v) is 2.31. The van der Waals surface area contributed by atoms with E-state index in [0.717, 1.165) is 6.54 Å². The summed E-state index contributed by atoms with van der Waals surface area (Å²) in [6.45, 7) is 2.56. The third-order valence-electron chi connectivity index (χ3n) is 2.31. The molecular weight excluding hydrogens is 172 g/mol. The van der Waals surface area contributed by atoms with Crippen molar-refractivity contribution in [3.8, 4) is 0 Å². The molecule has 1 unspecified atom stereocenters. The van der Waals surface area contributed by atoms with E-state index in [-0.39, 0.29) is 13.0 Å². The quantitative estimate of drug-likeness (QED) is 0.504. The smallest absolute Gasteiger partial charge is 0.185 e. The first-order valence-corrected chi connectivity index (χ1v) is 4.36. The van der Waals surface area contributed by atoms with Gasteiger partial charge in [-0.3, -0.25) is 4.48 Å². The molecule has 1 N–H and O–H groups in total. The first kappa shape index (κ1) is 10.1. The van der Waals surface area contributed by atoms with E-state index in [4.69, 9.17) is 5.11 Å². The van der Waals surface area contributed by atoms with Crippen LogP contribution in [0.15, 0.2) is 4.99 Å². The van der Waals surface area contributed by atoms with Gasteiger partial charge in [-0.2, -0.15) is 0 Å². The van der Waals surface area contributed by atoms with E-state index in [1.807, 2.05) is 0 Å². The zero-order valence-corrected chi connectivity index (χ0v) is 7.48. The van der Waals surface area contributed by atoms with Gasteiger partial charge in [-0.1, -0.05) is 0 Å². The first-order chi connectivity index (χ1) is 6.18. The third kappa shape index (κ3) is 2.78. The highest BCUT2D eigenvalue weighted by Gasteiger charge is 2.28. The number of quaternary nitrogens is 1. The summed E-state index contributed by atoms with van der Waals surface area (Å²) in [4.78, 5) is 14.3. The van der Waals surface area contributed by atoms with Crippen molar-refractivity contribution in [2.24, 2.45) is 4.99 Å². The van der Waals surface area contributed by atoms with Gasteiger partial charge in [-0.15, -0.1) is 0 Å². The summed E-state index contributed by atoms with van der Waals surface area (Å²) >= 11 is 0. The van der Waals surface area contributed by atoms with E-state index < -0.39 is 5.97 Å². The molecule has 13 heavy (non-hydrogen) atoms. The minimum Gasteiger partial charge on any atom is -0.550 e. The van der Waals surface area contributed by atoms with Crippen molar-refractivity contribution in [3.05, 3.63) is 0 Å². The molecule has 1 heterocycles. The maximum Gasteiger partial charge on any atom is 0.185 e. The Bertz CT molecular complexity index is 217. The number of aliphatic imine (C=N–C) groups is 1. The topological polar surface area (TPSA) is 72.7 Å². The van der Waals surface area contributed by atoms with Crippen LogP contribution in [0.2, 0.25) is 0 Å². The Morgan fingerprint density at radius 3 is 2.85 bits per heavy atom. The second-order valence-electron chi connectivity index (χ2n) is 3.26. The number of aliphatic hydroxyl groups is 1. The highest BCUT2D eigenvalue weighted by Crippen LogP contribution is 2.09. The van der Waals surface area contributed by atoms with Crippen LogP contribution < -0.4 is 5.11 Å². The molecule has 0 aromatic heterocycles. The molecule has 5 nitrogen and oxygen atoms in total. The lowest BCUT2D eigenvalue weighted by Crippen LogP contribution is -2.49. The Kier molecular flexibility index (Phi) is 3.39. The van der Waals surface area contributed by atoms with Crippen LogP contribution in [0.5, 0.6) is 0 Å². The van der Waals surface area contributed by atoms with Crippen LogP contribution in [0.4, 0.5) is 0 Å². The van der Waals surface area contributed by atoms with Gasteiger partial charge in [0.05, 0.1) is 19.7 Å². The number of hydrogen-bond acceptors (Lipinski definition) is 4. The molecule has 0 amide bonds. The van der Waals surface area contributed by atoms with Crippen LogP contribution >= 0.6 is 0 Å². The lowest BCUT2D eigenvalue weighted by Gasteiger charge is -2.29. The Morgan fingerprint density at radius 2 is 2.38 bits per heavy atom. The van der Waals surface area contributed by atoms with Gasteiger partial charge >= 0.3 is 0 Å². The molecule has 1 aliphatic heterocycles. The van der Waals surface area contributed by atoms with Crippen LogP contribution in [-0.4, -0.2) is 54.7 Å². The van der Waals surface area contributed by atoms with Crippen molar-refractivity contribution < 1.29 is 19.5 Å². The molecule has 1 rings (SSSR count). The highest BCUT2D eigenvalue weighted by atomic mass is 16.4. The van der Waals surface area contributed by atoms with Gasteiger partial charge in [-0.25, -0.2) is 4.99 Å². The second kappa shape index (κ2) is 4.34. The van der Waals surface area contributed by atoms with Crippen LogP contribution in [0.25, 0.3) is 0 Å². The maximum atomic E-state index is 10.3. The van der Waals surface area contributed by atoms with Crippen molar-refractivity contribution in [3.63, 3.8) is 0 Å². The summed E-state index contributed by atoms with van der Waals surface area (Å²) in [5, 5.41) is 19.1. The Morgan fingerprint density at radius 1 is 1.62 bits per heavy atom. The molecule has 0 radical (unpaired) electrons. The van der Waals surface area contributed by atoms with E-state index in [1.54, 1.807) is 6.34 Å². The molecule has 1 aliphatic rings. The Balaban J connectivity index is 2.47. The number of carboxylic acids is 1. The van der Waals surface area contributed by atoms with Crippen molar-refractivity contribution >= 4 is 12.3 Å². The van der Waals surface area contributed by atoms with Gasteiger partial charge in [0.1, 0.15) is 13.1 Å². The molecule has 0 aliphatic carbocycles. The van der Waals surface area contributed by atoms with Crippen molar-refractivity contribution in [2.45, 2.75) is 6.42 Å². The van der Waals surface area contributed by atoms with Crippen molar-refractivity contribution in [1.82, 2.24) is 0 Å². The number of aliphatic hydroxyl groups excluding tert-OH is 1. The molecule has 0 saturated heterocycles. The average molecular weight is 186 g/mol. The molecule has 74 valence electrons. The van der Waals surface area contributed by atoms with Gasteiger partial charge < -0.3 is 15.0 Å². The summed E-state index contributed by atoms with van der Waals surface area (Å²) in [5.41, 5.74) is 0. The Labute approximate surface area is 76.9 Å². The summed E-state index contributed by atoms with van der Waals surface area (Å²) in [6, 6.07) is 0. The molecule has 0 fully saturated rings. The molecule has 1 atom stereocenters. The average Bonchev–Trinajstić information content (AvgIpc) is 2.51. The zero-order chi connectivity index (χ0) is 9.73. The summed E-state index contributed by atoms with van der Waals surface area (Å²) in [7, 11) is 0.